The van der Waals surface area contributed by atoms with Crippen LogP contribution in [0, 0.1) is 24.0 Å². The number of aryl methyl sites for hydroxylation is 2. The molecule has 17 heavy (non-hydrogen) atoms. The van der Waals surface area contributed by atoms with Crippen molar-refractivity contribution in [3.8, 4) is 0 Å². The lowest BCUT2D eigenvalue weighted by atomic mass is 10.1. The molecular weight excluding hydrogens is 218 g/mol. The molecule has 0 spiro atoms. The van der Waals surface area contributed by atoms with E-state index in [1.165, 1.54) is 0 Å². The van der Waals surface area contributed by atoms with Crippen LogP contribution in [0.2, 0.25) is 0 Å². The Hall–Kier alpha value is -2.17. The Morgan fingerprint density at radius 3 is 2.53 bits per heavy atom. The van der Waals surface area contributed by atoms with Gasteiger partial charge in [0.05, 0.1) is 10.4 Å². The van der Waals surface area contributed by atoms with Crippen molar-refractivity contribution in [3.05, 3.63) is 39.4 Å². The lowest BCUT2D eigenvalue weighted by Gasteiger charge is -2.08. The number of hydrogen-bond acceptors (Lipinski definition) is 4. The van der Waals surface area contributed by atoms with Crippen molar-refractivity contribution in [1.29, 1.82) is 0 Å². The molecule has 1 N–H and O–H groups in total. The van der Waals surface area contributed by atoms with E-state index in [1.807, 2.05) is 27.0 Å². The Labute approximate surface area is 98.6 Å². The van der Waals surface area contributed by atoms with Crippen LogP contribution >= 0.6 is 0 Å². The summed E-state index contributed by atoms with van der Waals surface area (Å²) in [6.07, 6.45) is 0. The smallest absolute Gasteiger partial charge is 0.270 e. The topological polar surface area (TPSA) is 68.1 Å². The van der Waals surface area contributed by atoms with Gasteiger partial charge in [-0.3, -0.25) is 10.1 Å². The Balaban J connectivity index is 2.77. The lowest BCUT2D eigenvalue weighted by molar-refractivity contribution is -0.384. The minimum absolute atomic E-state index is 0.105. The number of fused-ring (bicyclic) bond motifs is 1. The molecule has 0 atom stereocenters. The first-order valence-corrected chi connectivity index (χ1v) is 5.27. The molecule has 1 heterocycles. The van der Waals surface area contributed by atoms with E-state index in [0.717, 1.165) is 27.8 Å². The zero-order valence-corrected chi connectivity index (χ0v) is 9.94. The van der Waals surface area contributed by atoms with Crippen molar-refractivity contribution in [2.24, 2.45) is 0 Å². The second-order valence-corrected chi connectivity index (χ2v) is 4.00. The minimum Gasteiger partial charge on any atom is -0.373 e. The number of anilines is 1. The molecule has 0 radical (unpaired) electrons. The van der Waals surface area contributed by atoms with Gasteiger partial charge in [-0.2, -0.15) is 0 Å². The van der Waals surface area contributed by atoms with E-state index in [-0.39, 0.29) is 10.6 Å². The maximum atomic E-state index is 10.8. The number of nitrogens with one attached hydrogen (secondary N) is 1. The Morgan fingerprint density at radius 1 is 1.24 bits per heavy atom. The van der Waals surface area contributed by atoms with Gasteiger partial charge in [-0.15, -0.1) is 0 Å². The molecule has 0 bridgehead atoms. The van der Waals surface area contributed by atoms with Crippen LogP contribution in [-0.2, 0) is 0 Å². The zero-order valence-electron chi connectivity index (χ0n) is 9.94. The monoisotopic (exact) mass is 231 g/mol. The summed E-state index contributed by atoms with van der Waals surface area (Å²) in [7, 11) is 1.81. The molecule has 2 aromatic rings. The number of nitro groups is 1. The fourth-order valence-corrected chi connectivity index (χ4v) is 1.91. The van der Waals surface area contributed by atoms with E-state index in [0.29, 0.717) is 0 Å². The van der Waals surface area contributed by atoms with Crippen molar-refractivity contribution in [1.82, 2.24) is 4.98 Å². The molecule has 0 aliphatic heterocycles. The number of rotatable bonds is 2. The van der Waals surface area contributed by atoms with Gasteiger partial charge in [0.15, 0.2) is 0 Å². The van der Waals surface area contributed by atoms with Crippen LogP contribution < -0.4 is 5.32 Å². The molecule has 2 rings (SSSR count). The standard InChI is InChI=1S/C12H13N3O2/c1-7-5-10(15(16)17)6-9-4-8(2)12(13-3)14-11(7)9/h4-6H,1-3H3,(H,13,14). The summed E-state index contributed by atoms with van der Waals surface area (Å²) < 4.78 is 0. The van der Waals surface area contributed by atoms with E-state index in [9.17, 15) is 10.1 Å². The number of nitrogens with zero attached hydrogens (tertiary/aromatic N) is 2. The predicted octanol–water partition coefficient (Wildman–Crippen LogP) is 2.80. The van der Waals surface area contributed by atoms with Gasteiger partial charge in [-0.25, -0.2) is 4.98 Å². The average Bonchev–Trinajstić information content (AvgIpc) is 2.27. The van der Waals surface area contributed by atoms with Crippen LogP contribution in [0.4, 0.5) is 11.5 Å². The largest absolute Gasteiger partial charge is 0.373 e. The van der Waals surface area contributed by atoms with Crippen LogP contribution in [0.1, 0.15) is 11.1 Å². The SMILES string of the molecule is CNc1nc2c(C)cc([N+](=O)[O-])cc2cc1C. The zero-order chi connectivity index (χ0) is 12.6. The van der Waals surface area contributed by atoms with Crippen molar-refractivity contribution in [2.75, 3.05) is 12.4 Å². The molecule has 88 valence electrons. The second kappa shape index (κ2) is 4.01. The van der Waals surface area contributed by atoms with E-state index in [1.54, 1.807) is 12.1 Å². The van der Waals surface area contributed by atoms with Crippen LogP contribution in [0.25, 0.3) is 10.9 Å². The van der Waals surface area contributed by atoms with Crippen molar-refractivity contribution in [3.63, 3.8) is 0 Å². The molecule has 0 aliphatic carbocycles. The summed E-state index contributed by atoms with van der Waals surface area (Å²) >= 11 is 0. The first-order valence-electron chi connectivity index (χ1n) is 5.27. The number of hydrogen-bond donors (Lipinski definition) is 1. The molecule has 0 unspecified atom stereocenters. The van der Waals surface area contributed by atoms with E-state index in [4.69, 9.17) is 0 Å². The number of nitro benzene ring substituents is 1. The fraction of sp³-hybridized carbons (Fsp3) is 0.250. The first-order chi connectivity index (χ1) is 8.02. The minimum atomic E-state index is -0.381. The third-order valence-electron chi connectivity index (χ3n) is 2.73. The summed E-state index contributed by atoms with van der Waals surface area (Å²) in [5, 5.41) is 14.6. The molecule has 0 saturated heterocycles. The third kappa shape index (κ3) is 1.91. The number of aromatic nitrogens is 1. The summed E-state index contributed by atoms with van der Waals surface area (Å²) in [6, 6.07) is 5.01. The van der Waals surface area contributed by atoms with Gasteiger partial charge in [0.1, 0.15) is 5.82 Å². The number of non-ortho nitro benzene ring substituents is 1. The molecule has 5 nitrogen and oxygen atoms in total. The number of benzene rings is 1. The van der Waals surface area contributed by atoms with Crippen molar-refractivity contribution < 1.29 is 4.92 Å². The van der Waals surface area contributed by atoms with Crippen LogP contribution in [-0.4, -0.2) is 17.0 Å². The van der Waals surface area contributed by atoms with Crippen LogP contribution in [0.5, 0.6) is 0 Å². The fourth-order valence-electron chi connectivity index (χ4n) is 1.91. The highest BCUT2D eigenvalue weighted by Gasteiger charge is 2.11. The molecule has 1 aromatic carbocycles. The molecule has 0 saturated carbocycles. The van der Waals surface area contributed by atoms with E-state index < -0.39 is 0 Å². The Bertz CT molecular complexity index is 608. The van der Waals surface area contributed by atoms with Crippen LogP contribution in [0.3, 0.4) is 0 Å². The highest BCUT2D eigenvalue weighted by Crippen LogP contribution is 2.26. The average molecular weight is 231 g/mol. The highest BCUT2D eigenvalue weighted by atomic mass is 16.6. The van der Waals surface area contributed by atoms with E-state index in [2.05, 4.69) is 10.3 Å². The Kier molecular flexibility index (Phi) is 2.67. The highest BCUT2D eigenvalue weighted by molar-refractivity contribution is 5.86. The Morgan fingerprint density at radius 2 is 1.94 bits per heavy atom. The first kappa shape index (κ1) is 11.3. The van der Waals surface area contributed by atoms with Crippen LogP contribution in [0.15, 0.2) is 18.2 Å². The maximum absolute atomic E-state index is 10.8. The summed E-state index contributed by atoms with van der Waals surface area (Å²) in [5.41, 5.74) is 2.68. The van der Waals surface area contributed by atoms with Gasteiger partial charge in [-0.1, -0.05) is 0 Å². The van der Waals surface area contributed by atoms with Crippen molar-refractivity contribution >= 4 is 22.4 Å². The molecule has 0 fully saturated rings. The number of pyridine rings is 1. The maximum Gasteiger partial charge on any atom is 0.270 e. The van der Waals surface area contributed by atoms with Gasteiger partial charge < -0.3 is 5.32 Å². The molecular formula is C12H13N3O2. The third-order valence-corrected chi connectivity index (χ3v) is 2.73. The van der Waals surface area contributed by atoms with Gasteiger partial charge >= 0.3 is 0 Å². The summed E-state index contributed by atoms with van der Waals surface area (Å²) in [5.74, 6) is 0.800. The molecule has 1 aromatic heterocycles. The normalized spacial score (nSPS) is 10.5. The van der Waals surface area contributed by atoms with Crippen molar-refractivity contribution in [2.45, 2.75) is 13.8 Å². The van der Waals surface area contributed by atoms with Gasteiger partial charge in [0.2, 0.25) is 0 Å². The molecule has 5 heteroatoms. The summed E-state index contributed by atoms with van der Waals surface area (Å²) in [4.78, 5) is 14.9. The van der Waals surface area contributed by atoms with Gasteiger partial charge in [0.25, 0.3) is 5.69 Å². The second-order valence-electron chi connectivity index (χ2n) is 4.00. The lowest BCUT2D eigenvalue weighted by Crippen LogP contribution is -1.98. The quantitative estimate of drug-likeness (QED) is 0.637. The molecule has 0 amide bonds. The van der Waals surface area contributed by atoms with Gasteiger partial charge in [-0.05, 0) is 31.0 Å². The molecule has 0 aliphatic rings. The van der Waals surface area contributed by atoms with E-state index >= 15 is 0 Å². The predicted molar refractivity (Wildman–Crippen MR) is 67.4 cm³/mol. The summed E-state index contributed by atoms with van der Waals surface area (Å²) in [6.45, 7) is 3.75. The van der Waals surface area contributed by atoms with Gasteiger partial charge in [0, 0.05) is 24.6 Å².